The van der Waals surface area contributed by atoms with Gasteiger partial charge < -0.3 is 24.2 Å². The predicted octanol–water partition coefficient (Wildman–Crippen LogP) is 1.73. The van der Waals surface area contributed by atoms with Crippen molar-refractivity contribution in [3.8, 4) is 11.5 Å². The Labute approximate surface area is 155 Å². The third-order valence-electron chi connectivity index (χ3n) is 5.92. The number of fused-ring (bicyclic) bond motifs is 2. The van der Waals surface area contributed by atoms with Gasteiger partial charge in [0, 0.05) is 6.54 Å². The van der Waals surface area contributed by atoms with E-state index < -0.39 is 35.6 Å². The standard InChI is InChI=1S/C20H19NO6/c1-10(2)17-20-6-5-13(27-20)15(19(23)24)16(20)18(22)21(17)8-11-3-4-12-14(7-11)26-9-25-12/h3-7,13,15-17H,1,8-9H2,2H3,(H,23,24)/t13-,15-,16+,17+,20+/m0/s1. The molecule has 0 radical (unpaired) electrons. The van der Waals surface area contributed by atoms with E-state index in [-0.39, 0.29) is 12.7 Å². The monoisotopic (exact) mass is 369 g/mol. The minimum absolute atomic E-state index is 0.182. The maximum atomic E-state index is 13.3. The van der Waals surface area contributed by atoms with Crippen LogP contribution in [0.25, 0.3) is 0 Å². The number of nitrogens with zero attached hydrogens (tertiary/aromatic N) is 1. The highest BCUT2D eigenvalue weighted by Gasteiger charge is 2.71. The first kappa shape index (κ1) is 16.4. The number of carboxylic acid groups (broad SMARTS) is 1. The van der Waals surface area contributed by atoms with Crippen LogP contribution >= 0.6 is 0 Å². The smallest absolute Gasteiger partial charge is 0.310 e. The summed E-state index contributed by atoms with van der Waals surface area (Å²) in [5.41, 5.74) is 0.691. The summed E-state index contributed by atoms with van der Waals surface area (Å²) in [4.78, 5) is 26.8. The zero-order valence-electron chi connectivity index (χ0n) is 14.8. The van der Waals surface area contributed by atoms with Gasteiger partial charge in [-0.15, -0.1) is 0 Å². The summed E-state index contributed by atoms with van der Waals surface area (Å²) in [7, 11) is 0. The molecule has 0 saturated carbocycles. The second-order valence-electron chi connectivity index (χ2n) is 7.54. The molecule has 1 spiro atoms. The molecule has 4 aliphatic rings. The van der Waals surface area contributed by atoms with Crippen LogP contribution < -0.4 is 9.47 Å². The predicted molar refractivity (Wildman–Crippen MR) is 93.1 cm³/mol. The molecule has 5 atom stereocenters. The summed E-state index contributed by atoms with van der Waals surface area (Å²) in [5.74, 6) is -1.50. The highest BCUT2D eigenvalue weighted by molar-refractivity contribution is 5.92. The van der Waals surface area contributed by atoms with E-state index in [9.17, 15) is 14.7 Å². The molecule has 0 aliphatic carbocycles. The maximum Gasteiger partial charge on any atom is 0.310 e. The molecule has 2 saturated heterocycles. The minimum Gasteiger partial charge on any atom is -0.481 e. The number of hydrogen-bond acceptors (Lipinski definition) is 5. The average molecular weight is 369 g/mol. The van der Waals surface area contributed by atoms with Gasteiger partial charge in [0.1, 0.15) is 11.5 Å². The van der Waals surface area contributed by atoms with Crippen molar-refractivity contribution in [1.29, 1.82) is 0 Å². The lowest BCUT2D eigenvalue weighted by molar-refractivity contribution is -0.148. The molecule has 140 valence electrons. The van der Waals surface area contributed by atoms with Gasteiger partial charge in [-0.25, -0.2) is 0 Å². The van der Waals surface area contributed by atoms with Gasteiger partial charge in [0.15, 0.2) is 11.5 Å². The Kier molecular flexibility index (Phi) is 3.25. The quantitative estimate of drug-likeness (QED) is 0.814. The number of likely N-dealkylation sites (tertiary alicyclic amines) is 1. The highest BCUT2D eigenvalue weighted by atomic mass is 16.7. The average Bonchev–Trinajstić information content (AvgIpc) is 3.35. The number of aliphatic carboxylic acids is 1. The molecule has 1 amide bonds. The molecule has 2 bridgehead atoms. The Morgan fingerprint density at radius 1 is 1.37 bits per heavy atom. The maximum absolute atomic E-state index is 13.3. The molecule has 0 aromatic heterocycles. The fourth-order valence-corrected chi connectivity index (χ4v) is 4.96. The molecule has 1 N–H and O–H groups in total. The molecule has 7 heteroatoms. The van der Waals surface area contributed by atoms with Crippen molar-refractivity contribution in [2.24, 2.45) is 11.8 Å². The van der Waals surface area contributed by atoms with Gasteiger partial charge in [-0.05, 0) is 24.6 Å². The fourth-order valence-electron chi connectivity index (χ4n) is 4.96. The number of amides is 1. The van der Waals surface area contributed by atoms with Crippen LogP contribution in [0, 0.1) is 11.8 Å². The molecule has 4 heterocycles. The van der Waals surface area contributed by atoms with Crippen molar-refractivity contribution < 1.29 is 28.9 Å². The molecule has 5 rings (SSSR count). The Hall–Kier alpha value is -2.80. The van der Waals surface area contributed by atoms with Crippen LogP contribution in [0.1, 0.15) is 12.5 Å². The first-order valence-electron chi connectivity index (χ1n) is 8.87. The van der Waals surface area contributed by atoms with Crippen molar-refractivity contribution in [2.75, 3.05) is 6.79 Å². The lowest BCUT2D eigenvalue weighted by Crippen LogP contribution is -2.45. The van der Waals surface area contributed by atoms with Crippen molar-refractivity contribution in [3.05, 3.63) is 48.1 Å². The van der Waals surface area contributed by atoms with Gasteiger partial charge in [0.25, 0.3) is 0 Å². The lowest BCUT2D eigenvalue weighted by atomic mass is 9.74. The molecular formula is C20H19NO6. The topological polar surface area (TPSA) is 85.3 Å². The van der Waals surface area contributed by atoms with Crippen molar-refractivity contribution in [2.45, 2.75) is 31.2 Å². The zero-order chi connectivity index (χ0) is 18.9. The molecule has 1 aromatic rings. The Morgan fingerprint density at radius 3 is 2.89 bits per heavy atom. The first-order chi connectivity index (χ1) is 12.9. The third kappa shape index (κ3) is 2.06. The van der Waals surface area contributed by atoms with Crippen LogP contribution in [-0.4, -0.2) is 46.4 Å². The number of rotatable bonds is 4. The van der Waals surface area contributed by atoms with Gasteiger partial charge in [-0.3, -0.25) is 9.59 Å². The van der Waals surface area contributed by atoms with Crippen LogP contribution in [0.5, 0.6) is 11.5 Å². The minimum atomic E-state index is -1.00. The van der Waals surface area contributed by atoms with E-state index in [1.807, 2.05) is 31.2 Å². The van der Waals surface area contributed by atoms with E-state index in [1.165, 1.54) is 0 Å². The SMILES string of the molecule is C=C(C)[C@H]1N(Cc2ccc3c(c2)OCO3)C(=O)[C@H]2[C@@H](C(=O)O)[C@@H]3C=C[C@@]21O3. The van der Waals surface area contributed by atoms with Gasteiger partial charge in [-0.1, -0.05) is 30.4 Å². The van der Waals surface area contributed by atoms with Crippen molar-refractivity contribution >= 4 is 11.9 Å². The number of carbonyl (C=O) groups is 2. The number of benzene rings is 1. The van der Waals surface area contributed by atoms with Crippen LogP contribution in [0.15, 0.2) is 42.5 Å². The van der Waals surface area contributed by atoms with Crippen LogP contribution in [0.3, 0.4) is 0 Å². The van der Waals surface area contributed by atoms with Crippen molar-refractivity contribution in [1.82, 2.24) is 4.90 Å². The number of carbonyl (C=O) groups excluding carboxylic acids is 1. The number of carboxylic acids is 1. The van der Waals surface area contributed by atoms with Gasteiger partial charge in [-0.2, -0.15) is 0 Å². The van der Waals surface area contributed by atoms with E-state index in [2.05, 4.69) is 6.58 Å². The Bertz CT molecular complexity index is 908. The number of hydrogen-bond donors (Lipinski definition) is 1. The number of ether oxygens (including phenoxy) is 3. The van der Waals surface area contributed by atoms with E-state index in [4.69, 9.17) is 14.2 Å². The second-order valence-corrected chi connectivity index (χ2v) is 7.54. The molecular weight excluding hydrogens is 350 g/mol. The zero-order valence-corrected chi connectivity index (χ0v) is 14.8. The lowest BCUT2D eigenvalue weighted by Gasteiger charge is -2.33. The first-order valence-corrected chi connectivity index (χ1v) is 8.87. The summed E-state index contributed by atoms with van der Waals surface area (Å²) >= 11 is 0. The van der Waals surface area contributed by atoms with Crippen molar-refractivity contribution in [3.63, 3.8) is 0 Å². The normalized spacial score (nSPS) is 35.0. The Morgan fingerprint density at radius 2 is 2.15 bits per heavy atom. The van der Waals surface area contributed by atoms with Gasteiger partial charge >= 0.3 is 5.97 Å². The molecule has 7 nitrogen and oxygen atoms in total. The summed E-state index contributed by atoms with van der Waals surface area (Å²) in [6.07, 6.45) is 3.06. The molecule has 0 unspecified atom stereocenters. The molecule has 27 heavy (non-hydrogen) atoms. The summed E-state index contributed by atoms with van der Waals surface area (Å²) < 4.78 is 16.8. The third-order valence-corrected chi connectivity index (χ3v) is 5.92. The van der Waals surface area contributed by atoms with Gasteiger partial charge in [0.05, 0.1) is 18.1 Å². The van der Waals surface area contributed by atoms with E-state index >= 15 is 0 Å². The molecule has 1 aromatic carbocycles. The van der Waals surface area contributed by atoms with E-state index in [0.717, 1.165) is 11.1 Å². The fraction of sp³-hybridized carbons (Fsp3) is 0.400. The van der Waals surface area contributed by atoms with Crippen LogP contribution in [0.4, 0.5) is 0 Å². The summed E-state index contributed by atoms with van der Waals surface area (Å²) in [6, 6.07) is 5.13. The van der Waals surface area contributed by atoms with Gasteiger partial charge in [0.2, 0.25) is 12.7 Å². The molecule has 2 fully saturated rings. The second kappa shape index (κ2) is 5.36. The summed E-state index contributed by atoms with van der Waals surface area (Å²) in [5, 5.41) is 9.67. The highest BCUT2D eigenvalue weighted by Crippen LogP contribution is 2.56. The van der Waals surface area contributed by atoms with Crippen LogP contribution in [-0.2, 0) is 20.9 Å². The Balaban J connectivity index is 1.53. The molecule has 4 aliphatic heterocycles. The summed E-state index contributed by atoms with van der Waals surface area (Å²) in [6.45, 7) is 6.41. The van der Waals surface area contributed by atoms with E-state index in [1.54, 1.807) is 11.0 Å². The van der Waals surface area contributed by atoms with Crippen LogP contribution in [0.2, 0.25) is 0 Å². The largest absolute Gasteiger partial charge is 0.481 e. The van der Waals surface area contributed by atoms with E-state index in [0.29, 0.717) is 18.0 Å².